The predicted molar refractivity (Wildman–Crippen MR) is 115 cm³/mol. The lowest BCUT2D eigenvalue weighted by molar-refractivity contribution is 0.0899. The second-order valence-electron chi connectivity index (χ2n) is 6.74. The Morgan fingerprint density at radius 3 is 2.75 bits per heavy atom. The third kappa shape index (κ3) is 3.17. The van der Waals surface area contributed by atoms with Crippen LogP contribution in [0.2, 0.25) is 0 Å². The molecule has 0 N–H and O–H groups in total. The van der Waals surface area contributed by atoms with Crippen LogP contribution in [0.4, 0.5) is 0 Å². The molecule has 0 saturated heterocycles. The third-order valence-corrected chi connectivity index (χ3v) is 6.29. The molecule has 28 heavy (non-hydrogen) atoms. The summed E-state index contributed by atoms with van der Waals surface area (Å²) in [4.78, 5) is 16.6. The minimum absolute atomic E-state index is 0.0262. The molecule has 3 heterocycles. The van der Waals surface area contributed by atoms with E-state index in [1.54, 1.807) is 23.7 Å². The summed E-state index contributed by atoms with van der Waals surface area (Å²) in [5.74, 6) is 0.787. The fourth-order valence-corrected chi connectivity index (χ4v) is 4.52. The van der Waals surface area contributed by atoms with Crippen LogP contribution >= 0.6 is 27.3 Å². The van der Waals surface area contributed by atoms with Crippen LogP contribution in [0.1, 0.15) is 10.4 Å². The van der Waals surface area contributed by atoms with E-state index in [1.807, 2.05) is 30.3 Å². The van der Waals surface area contributed by atoms with Crippen LogP contribution in [0, 0.1) is 0 Å². The van der Waals surface area contributed by atoms with Gasteiger partial charge in [0, 0.05) is 22.4 Å². The standard InChI is InChI=1S/C22H16BrNO3S/c23-15-5-3-14(4-6-15)19-12-26-22-17(21(19)25)7-8-20-18(22)11-24(13-27-20)10-16-2-1-9-28-16/h1-9,12H,10-11,13H2. The monoisotopic (exact) mass is 453 g/mol. The Bertz CT molecular complexity index is 1200. The number of benzene rings is 2. The van der Waals surface area contributed by atoms with Gasteiger partial charge in [-0.05, 0) is 41.3 Å². The van der Waals surface area contributed by atoms with E-state index in [9.17, 15) is 4.79 Å². The van der Waals surface area contributed by atoms with E-state index in [2.05, 4.69) is 38.3 Å². The maximum atomic E-state index is 13.1. The molecule has 4 aromatic rings. The molecule has 5 rings (SSSR count). The fraction of sp³-hybridized carbons (Fsp3) is 0.136. The molecule has 0 unspecified atom stereocenters. The summed E-state index contributed by atoms with van der Waals surface area (Å²) in [6.45, 7) is 2.03. The SMILES string of the molecule is O=c1c(-c2ccc(Br)cc2)coc2c3c(ccc12)OCN(Cc1cccs1)C3. The van der Waals surface area contributed by atoms with E-state index >= 15 is 0 Å². The Hall–Kier alpha value is -2.41. The Morgan fingerprint density at radius 1 is 1.11 bits per heavy atom. The van der Waals surface area contributed by atoms with Gasteiger partial charge in [-0.1, -0.05) is 34.1 Å². The van der Waals surface area contributed by atoms with Crippen molar-refractivity contribution in [2.24, 2.45) is 0 Å². The van der Waals surface area contributed by atoms with E-state index in [0.29, 0.717) is 29.8 Å². The van der Waals surface area contributed by atoms with Gasteiger partial charge in [-0.25, -0.2) is 0 Å². The highest BCUT2D eigenvalue weighted by Crippen LogP contribution is 2.33. The number of ether oxygens (including phenoxy) is 1. The summed E-state index contributed by atoms with van der Waals surface area (Å²) in [6.07, 6.45) is 1.56. The third-order valence-electron chi connectivity index (χ3n) is 4.90. The van der Waals surface area contributed by atoms with E-state index < -0.39 is 0 Å². The summed E-state index contributed by atoms with van der Waals surface area (Å²) in [5.41, 5.74) is 2.92. The summed E-state index contributed by atoms with van der Waals surface area (Å²) >= 11 is 5.16. The van der Waals surface area contributed by atoms with Crippen LogP contribution in [0.5, 0.6) is 5.75 Å². The Morgan fingerprint density at radius 2 is 1.96 bits per heavy atom. The van der Waals surface area contributed by atoms with Crippen molar-refractivity contribution in [3.05, 3.63) is 85.3 Å². The second-order valence-corrected chi connectivity index (χ2v) is 8.69. The van der Waals surface area contributed by atoms with Crippen molar-refractivity contribution >= 4 is 38.2 Å². The van der Waals surface area contributed by atoms with Crippen LogP contribution in [0.15, 0.2) is 73.9 Å². The predicted octanol–water partition coefficient (Wildman–Crippen LogP) is 5.64. The molecule has 0 fully saturated rings. The minimum atomic E-state index is -0.0262. The molecule has 0 spiro atoms. The van der Waals surface area contributed by atoms with Crippen LogP contribution in [-0.4, -0.2) is 11.6 Å². The smallest absolute Gasteiger partial charge is 0.200 e. The van der Waals surface area contributed by atoms with Crippen molar-refractivity contribution in [3.63, 3.8) is 0 Å². The molecular weight excluding hydrogens is 438 g/mol. The molecule has 0 radical (unpaired) electrons. The number of halogens is 1. The van der Waals surface area contributed by atoms with Gasteiger partial charge in [0.1, 0.15) is 24.3 Å². The van der Waals surface area contributed by atoms with Gasteiger partial charge in [0.25, 0.3) is 0 Å². The average Bonchev–Trinajstić information content (AvgIpc) is 3.22. The molecule has 2 aromatic heterocycles. The molecular formula is C22H16BrNO3S. The van der Waals surface area contributed by atoms with Crippen molar-refractivity contribution in [1.82, 2.24) is 4.90 Å². The average molecular weight is 454 g/mol. The van der Waals surface area contributed by atoms with Crippen molar-refractivity contribution in [1.29, 1.82) is 0 Å². The fourth-order valence-electron chi connectivity index (χ4n) is 3.51. The van der Waals surface area contributed by atoms with Crippen molar-refractivity contribution in [2.75, 3.05) is 6.73 Å². The van der Waals surface area contributed by atoms with Crippen molar-refractivity contribution in [2.45, 2.75) is 13.1 Å². The molecule has 1 aliphatic rings. The number of hydrogen-bond acceptors (Lipinski definition) is 5. The van der Waals surface area contributed by atoms with Gasteiger partial charge < -0.3 is 9.15 Å². The molecule has 140 valence electrons. The van der Waals surface area contributed by atoms with E-state index in [-0.39, 0.29) is 5.43 Å². The van der Waals surface area contributed by atoms with Gasteiger partial charge in [-0.3, -0.25) is 9.69 Å². The molecule has 2 aromatic carbocycles. The molecule has 0 atom stereocenters. The van der Waals surface area contributed by atoms with Gasteiger partial charge in [0.15, 0.2) is 0 Å². The maximum absolute atomic E-state index is 13.1. The van der Waals surface area contributed by atoms with Gasteiger partial charge in [0.2, 0.25) is 5.43 Å². The summed E-state index contributed by atoms with van der Waals surface area (Å²) in [6, 6.07) is 15.5. The first-order valence-electron chi connectivity index (χ1n) is 8.90. The summed E-state index contributed by atoms with van der Waals surface area (Å²) in [7, 11) is 0. The summed E-state index contributed by atoms with van der Waals surface area (Å²) in [5, 5.41) is 2.66. The molecule has 0 aliphatic carbocycles. The molecule has 6 heteroatoms. The van der Waals surface area contributed by atoms with E-state index in [4.69, 9.17) is 9.15 Å². The van der Waals surface area contributed by atoms with E-state index in [1.165, 1.54) is 4.88 Å². The zero-order chi connectivity index (χ0) is 19.1. The van der Waals surface area contributed by atoms with Gasteiger partial charge >= 0.3 is 0 Å². The Balaban J connectivity index is 1.55. The Labute approximate surface area is 174 Å². The zero-order valence-corrected chi connectivity index (χ0v) is 17.3. The highest BCUT2D eigenvalue weighted by molar-refractivity contribution is 9.10. The lowest BCUT2D eigenvalue weighted by atomic mass is 10.0. The molecule has 0 bridgehead atoms. The highest BCUT2D eigenvalue weighted by atomic mass is 79.9. The quantitative estimate of drug-likeness (QED) is 0.402. The van der Waals surface area contributed by atoms with Gasteiger partial charge in [0.05, 0.1) is 16.5 Å². The molecule has 0 amide bonds. The first-order chi connectivity index (χ1) is 13.7. The lowest BCUT2D eigenvalue weighted by Gasteiger charge is -2.28. The van der Waals surface area contributed by atoms with Crippen LogP contribution in [-0.2, 0) is 13.1 Å². The zero-order valence-electron chi connectivity index (χ0n) is 14.9. The molecule has 0 saturated carbocycles. The number of thiophene rings is 1. The normalized spacial score (nSPS) is 14.0. The van der Waals surface area contributed by atoms with Gasteiger partial charge in [-0.15, -0.1) is 11.3 Å². The number of fused-ring (bicyclic) bond motifs is 3. The van der Waals surface area contributed by atoms with Crippen molar-refractivity contribution < 1.29 is 9.15 Å². The Kier molecular flexibility index (Phi) is 4.55. The lowest BCUT2D eigenvalue weighted by Crippen LogP contribution is -2.31. The van der Waals surface area contributed by atoms with Crippen LogP contribution < -0.4 is 10.2 Å². The summed E-state index contributed by atoms with van der Waals surface area (Å²) < 4.78 is 12.9. The van der Waals surface area contributed by atoms with E-state index in [0.717, 1.165) is 27.9 Å². The van der Waals surface area contributed by atoms with Gasteiger partial charge in [-0.2, -0.15) is 0 Å². The molecule has 4 nitrogen and oxygen atoms in total. The first kappa shape index (κ1) is 17.7. The number of hydrogen-bond donors (Lipinski definition) is 0. The second kappa shape index (κ2) is 7.20. The number of rotatable bonds is 3. The minimum Gasteiger partial charge on any atom is -0.478 e. The van der Waals surface area contributed by atoms with Crippen LogP contribution in [0.25, 0.3) is 22.1 Å². The number of nitrogens with zero attached hydrogens (tertiary/aromatic N) is 1. The molecule has 1 aliphatic heterocycles. The maximum Gasteiger partial charge on any atom is 0.200 e. The highest BCUT2D eigenvalue weighted by Gasteiger charge is 2.23. The van der Waals surface area contributed by atoms with Crippen molar-refractivity contribution in [3.8, 4) is 16.9 Å². The topological polar surface area (TPSA) is 42.7 Å². The first-order valence-corrected chi connectivity index (χ1v) is 10.6. The largest absolute Gasteiger partial charge is 0.478 e. The van der Waals surface area contributed by atoms with Crippen LogP contribution in [0.3, 0.4) is 0 Å².